The fourth-order valence-corrected chi connectivity index (χ4v) is 2.71. The van der Waals surface area contributed by atoms with E-state index < -0.39 is 0 Å². The van der Waals surface area contributed by atoms with Crippen molar-refractivity contribution in [1.82, 2.24) is 0 Å². The molecule has 0 aromatic carbocycles. The van der Waals surface area contributed by atoms with Crippen LogP contribution in [0.2, 0.25) is 0 Å². The van der Waals surface area contributed by atoms with E-state index in [1.165, 1.54) is 38.5 Å². The van der Waals surface area contributed by atoms with Gasteiger partial charge in [-0.3, -0.25) is 0 Å². The Labute approximate surface area is 100 Å². The molecule has 3 unspecified atom stereocenters. The van der Waals surface area contributed by atoms with Crippen molar-refractivity contribution in [3.63, 3.8) is 0 Å². The van der Waals surface area contributed by atoms with Crippen molar-refractivity contribution in [3.05, 3.63) is 0 Å². The molecular formula is C13H26OS. The smallest absolute Gasteiger partial charge is 0.0600 e. The van der Waals surface area contributed by atoms with Gasteiger partial charge in [-0.1, -0.05) is 33.1 Å². The molecule has 1 fully saturated rings. The summed E-state index contributed by atoms with van der Waals surface area (Å²) in [4.78, 5) is 0. The van der Waals surface area contributed by atoms with Gasteiger partial charge in [0, 0.05) is 0 Å². The molecule has 15 heavy (non-hydrogen) atoms. The van der Waals surface area contributed by atoms with Crippen molar-refractivity contribution in [2.75, 3.05) is 12.4 Å². The van der Waals surface area contributed by atoms with Crippen molar-refractivity contribution in [1.29, 1.82) is 0 Å². The molecule has 0 N–H and O–H groups in total. The number of hydrogen-bond acceptors (Lipinski definition) is 2. The molecule has 0 aromatic heterocycles. The van der Waals surface area contributed by atoms with Gasteiger partial charge in [0.1, 0.15) is 0 Å². The molecule has 0 radical (unpaired) electrons. The van der Waals surface area contributed by atoms with Crippen LogP contribution >= 0.6 is 12.6 Å². The number of ether oxygens (including phenoxy) is 1. The van der Waals surface area contributed by atoms with Gasteiger partial charge in [0.2, 0.25) is 0 Å². The maximum atomic E-state index is 6.05. The Kier molecular flexibility index (Phi) is 6.74. The highest BCUT2D eigenvalue weighted by atomic mass is 32.1. The van der Waals surface area contributed by atoms with Crippen LogP contribution in [0.15, 0.2) is 0 Å². The van der Waals surface area contributed by atoms with E-state index in [1.54, 1.807) is 0 Å². The van der Waals surface area contributed by atoms with Gasteiger partial charge in [-0.15, -0.1) is 0 Å². The number of rotatable bonds is 6. The molecule has 0 spiro atoms. The van der Waals surface area contributed by atoms with Gasteiger partial charge in [-0.25, -0.2) is 0 Å². The quantitative estimate of drug-likeness (QED) is 0.680. The fraction of sp³-hybridized carbons (Fsp3) is 1.00. The topological polar surface area (TPSA) is 9.23 Å². The summed E-state index contributed by atoms with van der Waals surface area (Å²) in [5.41, 5.74) is 0. The molecule has 1 aliphatic carbocycles. The van der Waals surface area contributed by atoms with Gasteiger partial charge >= 0.3 is 0 Å². The van der Waals surface area contributed by atoms with Gasteiger partial charge < -0.3 is 4.74 Å². The van der Waals surface area contributed by atoms with Crippen LogP contribution in [-0.2, 0) is 4.74 Å². The van der Waals surface area contributed by atoms with Gasteiger partial charge in [0.25, 0.3) is 0 Å². The second-order valence-corrected chi connectivity index (χ2v) is 5.34. The molecule has 1 saturated carbocycles. The van der Waals surface area contributed by atoms with Crippen LogP contribution in [-0.4, -0.2) is 18.5 Å². The number of thiol groups is 1. The molecule has 2 heteroatoms. The van der Waals surface area contributed by atoms with Crippen LogP contribution in [0.1, 0.15) is 52.4 Å². The van der Waals surface area contributed by atoms with Crippen molar-refractivity contribution < 1.29 is 4.74 Å². The standard InChI is InChI=1S/C13H26OS/c1-3-6-12(10-15)9-14-13-8-5-4-7-11(13)2/h11-13,15H,3-10H2,1-2H3. The zero-order valence-corrected chi connectivity index (χ0v) is 11.1. The average molecular weight is 230 g/mol. The molecule has 0 aliphatic heterocycles. The van der Waals surface area contributed by atoms with Crippen molar-refractivity contribution >= 4 is 12.6 Å². The minimum Gasteiger partial charge on any atom is -0.378 e. The lowest BCUT2D eigenvalue weighted by Crippen LogP contribution is -2.28. The Hall–Kier alpha value is 0.310. The van der Waals surface area contributed by atoms with E-state index >= 15 is 0 Å². The van der Waals surface area contributed by atoms with Crippen LogP contribution in [0.25, 0.3) is 0 Å². The molecule has 1 rings (SSSR count). The predicted molar refractivity (Wildman–Crippen MR) is 69.6 cm³/mol. The van der Waals surface area contributed by atoms with E-state index in [0.717, 1.165) is 18.3 Å². The lowest BCUT2D eigenvalue weighted by atomic mass is 9.88. The van der Waals surface area contributed by atoms with Crippen LogP contribution in [0, 0.1) is 11.8 Å². The molecule has 0 heterocycles. The first-order valence-corrected chi connectivity index (χ1v) is 7.13. The van der Waals surface area contributed by atoms with E-state index in [1.807, 2.05) is 0 Å². The number of hydrogen-bond donors (Lipinski definition) is 1. The molecule has 0 bridgehead atoms. The summed E-state index contributed by atoms with van der Waals surface area (Å²) >= 11 is 4.39. The summed E-state index contributed by atoms with van der Waals surface area (Å²) in [6.07, 6.45) is 8.40. The SMILES string of the molecule is CCCC(CS)COC1CCCCC1C. The van der Waals surface area contributed by atoms with E-state index in [2.05, 4.69) is 26.5 Å². The Morgan fingerprint density at radius 1 is 1.33 bits per heavy atom. The average Bonchev–Trinajstić information content (AvgIpc) is 2.26. The largest absolute Gasteiger partial charge is 0.378 e. The summed E-state index contributed by atoms with van der Waals surface area (Å²) in [6, 6.07) is 0. The molecule has 90 valence electrons. The third-order valence-corrected chi connectivity index (χ3v) is 4.05. The normalized spacial score (nSPS) is 29.0. The second kappa shape index (κ2) is 7.56. The van der Waals surface area contributed by atoms with Crippen LogP contribution in [0.5, 0.6) is 0 Å². The molecule has 0 saturated heterocycles. The molecule has 3 atom stereocenters. The lowest BCUT2D eigenvalue weighted by molar-refractivity contribution is -0.0197. The van der Waals surface area contributed by atoms with Crippen LogP contribution in [0.3, 0.4) is 0 Å². The van der Waals surface area contributed by atoms with Crippen molar-refractivity contribution in [3.8, 4) is 0 Å². The Bertz CT molecular complexity index is 161. The highest BCUT2D eigenvalue weighted by Gasteiger charge is 2.22. The monoisotopic (exact) mass is 230 g/mol. The Morgan fingerprint density at radius 2 is 2.07 bits per heavy atom. The molecule has 1 aliphatic rings. The van der Waals surface area contributed by atoms with E-state index in [-0.39, 0.29) is 0 Å². The van der Waals surface area contributed by atoms with Gasteiger partial charge in [0.05, 0.1) is 12.7 Å². The van der Waals surface area contributed by atoms with E-state index in [0.29, 0.717) is 12.0 Å². The third-order valence-electron chi connectivity index (χ3n) is 3.53. The first kappa shape index (κ1) is 13.4. The van der Waals surface area contributed by atoms with E-state index in [4.69, 9.17) is 4.74 Å². The van der Waals surface area contributed by atoms with Gasteiger partial charge in [0.15, 0.2) is 0 Å². The molecular weight excluding hydrogens is 204 g/mol. The highest BCUT2D eigenvalue weighted by Crippen LogP contribution is 2.27. The summed E-state index contributed by atoms with van der Waals surface area (Å²) in [5, 5.41) is 0. The first-order chi connectivity index (χ1) is 7.27. The molecule has 0 amide bonds. The Balaban J connectivity index is 2.21. The maximum absolute atomic E-state index is 6.05. The van der Waals surface area contributed by atoms with Crippen LogP contribution in [0.4, 0.5) is 0 Å². The molecule has 1 nitrogen and oxygen atoms in total. The summed E-state index contributed by atoms with van der Waals surface area (Å²) in [5.74, 6) is 2.39. The highest BCUT2D eigenvalue weighted by molar-refractivity contribution is 7.80. The van der Waals surface area contributed by atoms with Crippen molar-refractivity contribution in [2.45, 2.75) is 58.5 Å². The zero-order chi connectivity index (χ0) is 11.1. The molecule has 0 aromatic rings. The predicted octanol–water partition coefficient (Wildman–Crippen LogP) is 3.93. The first-order valence-electron chi connectivity index (χ1n) is 6.50. The van der Waals surface area contributed by atoms with Gasteiger partial charge in [-0.05, 0) is 36.9 Å². The fourth-order valence-electron chi connectivity index (χ4n) is 2.43. The van der Waals surface area contributed by atoms with Crippen molar-refractivity contribution in [2.24, 2.45) is 11.8 Å². The lowest BCUT2D eigenvalue weighted by Gasteiger charge is -2.30. The minimum absolute atomic E-state index is 0.526. The second-order valence-electron chi connectivity index (χ2n) is 4.97. The van der Waals surface area contributed by atoms with Crippen LogP contribution < -0.4 is 0 Å². The minimum atomic E-state index is 0.526. The maximum Gasteiger partial charge on any atom is 0.0600 e. The van der Waals surface area contributed by atoms with E-state index in [9.17, 15) is 0 Å². The summed E-state index contributed by atoms with van der Waals surface area (Å²) < 4.78 is 6.05. The summed E-state index contributed by atoms with van der Waals surface area (Å²) in [6.45, 7) is 5.49. The Morgan fingerprint density at radius 3 is 2.67 bits per heavy atom. The van der Waals surface area contributed by atoms with Gasteiger partial charge in [-0.2, -0.15) is 12.6 Å². The zero-order valence-electron chi connectivity index (χ0n) is 10.2. The third kappa shape index (κ3) is 4.78. The summed E-state index contributed by atoms with van der Waals surface area (Å²) in [7, 11) is 0.